The van der Waals surface area contributed by atoms with Gasteiger partial charge in [-0.15, -0.1) is 0 Å². The summed E-state index contributed by atoms with van der Waals surface area (Å²) in [6.45, 7) is 1.81. The summed E-state index contributed by atoms with van der Waals surface area (Å²) < 4.78 is 21.6. The first kappa shape index (κ1) is 22.9. The average molecular weight is 459 g/mol. The number of carbonyl (C=O) groups is 2. The van der Waals surface area contributed by atoms with Gasteiger partial charge in [-0.1, -0.05) is 12.1 Å². The van der Waals surface area contributed by atoms with Crippen molar-refractivity contribution < 1.29 is 28.2 Å². The van der Waals surface area contributed by atoms with E-state index < -0.39 is 0 Å². The Balaban J connectivity index is 1.58. The molecule has 0 radical (unpaired) electrons. The van der Waals surface area contributed by atoms with Crippen molar-refractivity contribution in [3.05, 3.63) is 83.1 Å². The second-order valence-electron chi connectivity index (χ2n) is 7.74. The van der Waals surface area contributed by atoms with Crippen LogP contribution in [0, 0.1) is 6.92 Å². The Labute approximate surface area is 197 Å². The van der Waals surface area contributed by atoms with Crippen LogP contribution in [0.1, 0.15) is 27.2 Å². The number of methoxy groups -OCH3 is 3. The van der Waals surface area contributed by atoms with Gasteiger partial charge in [-0.3, -0.25) is 9.59 Å². The first-order chi connectivity index (χ1) is 16.4. The third-order valence-electron chi connectivity index (χ3n) is 5.60. The smallest absolute Gasteiger partial charge is 0.232 e. The van der Waals surface area contributed by atoms with E-state index >= 15 is 0 Å². The van der Waals surface area contributed by atoms with E-state index in [0.717, 1.165) is 16.7 Å². The van der Waals surface area contributed by atoms with Crippen LogP contribution < -0.4 is 19.5 Å². The Morgan fingerprint density at radius 2 is 1.56 bits per heavy atom. The zero-order chi connectivity index (χ0) is 24.2. The summed E-state index contributed by atoms with van der Waals surface area (Å²) >= 11 is 0. The molecule has 1 amide bonds. The summed E-state index contributed by atoms with van der Waals surface area (Å²) in [6.07, 6.45) is 0.228. The molecule has 0 aliphatic heterocycles. The summed E-state index contributed by atoms with van der Waals surface area (Å²) in [5.74, 6) is 1.46. The van der Waals surface area contributed by atoms with E-state index in [1.807, 2.05) is 31.2 Å². The van der Waals surface area contributed by atoms with Crippen LogP contribution in [-0.4, -0.2) is 33.0 Å². The second kappa shape index (κ2) is 9.70. The lowest BCUT2D eigenvalue weighted by atomic mass is 10.0. The topological polar surface area (TPSA) is 87.0 Å². The maximum atomic E-state index is 13.3. The summed E-state index contributed by atoms with van der Waals surface area (Å²) in [6, 6.07) is 17.7. The van der Waals surface area contributed by atoms with Crippen LogP contribution in [0.3, 0.4) is 0 Å². The van der Waals surface area contributed by atoms with Gasteiger partial charge in [0, 0.05) is 16.6 Å². The maximum absolute atomic E-state index is 13.3. The fraction of sp³-hybridized carbons (Fsp3) is 0.185. The first-order valence-corrected chi connectivity index (χ1v) is 10.7. The molecular weight excluding hydrogens is 434 g/mol. The molecular formula is C27H25NO6. The van der Waals surface area contributed by atoms with E-state index in [1.54, 1.807) is 43.5 Å². The van der Waals surface area contributed by atoms with Crippen molar-refractivity contribution in [2.75, 3.05) is 26.6 Å². The molecule has 1 heterocycles. The molecule has 0 unspecified atom stereocenters. The van der Waals surface area contributed by atoms with Crippen LogP contribution in [0.5, 0.6) is 17.2 Å². The van der Waals surface area contributed by atoms with Crippen LogP contribution in [0.2, 0.25) is 0 Å². The predicted octanol–water partition coefficient (Wildman–Crippen LogP) is 5.18. The molecule has 1 aromatic heterocycles. The number of rotatable bonds is 8. The molecule has 0 fully saturated rings. The summed E-state index contributed by atoms with van der Waals surface area (Å²) in [4.78, 5) is 25.8. The molecule has 0 aliphatic carbocycles. The van der Waals surface area contributed by atoms with Gasteiger partial charge in [-0.2, -0.15) is 0 Å². The number of anilines is 1. The van der Waals surface area contributed by atoms with Gasteiger partial charge in [-0.25, -0.2) is 0 Å². The van der Waals surface area contributed by atoms with E-state index in [9.17, 15) is 9.59 Å². The number of hydrogen-bond acceptors (Lipinski definition) is 6. The normalized spacial score (nSPS) is 10.7. The van der Waals surface area contributed by atoms with Crippen LogP contribution in [0.25, 0.3) is 11.0 Å². The lowest BCUT2D eigenvalue weighted by Gasteiger charge is -2.09. The standard InChI is InChI=1S/C27H25NO6/c1-16-21-14-18(28-25(29)13-17-5-8-19(31-2)9-6-17)7-11-24(21)34-27(16)26(30)22-15-20(32-3)10-12-23(22)33-4/h5-12,14-15H,13H2,1-4H3,(H,28,29). The zero-order valence-electron chi connectivity index (χ0n) is 19.4. The molecule has 0 bridgehead atoms. The predicted molar refractivity (Wildman–Crippen MR) is 129 cm³/mol. The molecule has 4 aromatic rings. The third kappa shape index (κ3) is 4.59. The lowest BCUT2D eigenvalue weighted by Crippen LogP contribution is -2.14. The van der Waals surface area contributed by atoms with Crippen LogP contribution in [0.15, 0.2) is 65.1 Å². The molecule has 0 saturated heterocycles. The van der Waals surface area contributed by atoms with Gasteiger partial charge in [0.1, 0.15) is 22.8 Å². The SMILES string of the molecule is COc1ccc(CC(=O)Nc2ccc3oc(C(=O)c4cc(OC)ccc4OC)c(C)c3c2)cc1. The molecule has 7 heteroatoms. The molecule has 3 aromatic carbocycles. The van der Waals surface area contributed by atoms with Gasteiger partial charge in [0.25, 0.3) is 0 Å². The molecule has 0 atom stereocenters. The molecule has 1 N–H and O–H groups in total. The van der Waals surface area contributed by atoms with Crippen molar-refractivity contribution in [1.29, 1.82) is 0 Å². The minimum atomic E-state index is -0.311. The van der Waals surface area contributed by atoms with E-state index in [1.165, 1.54) is 14.2 Å². The van der Waals surface area contributed by atoms with Crippen molar-refractivity contribution in [1.82, 2.24) is 0 Å². The van der Waals surface area contributed by atoms with Gasteiger partial charge < -0.3 is 23.9 Å². The largest absolute Gasteiger partial charge is 0.497 e. The van der Waals surface area contributed by atoms with Crippen molar-refractivity contribution in [3.8, 4) is 17.2 Å². The first-order valence-electron chi connectivity index (χ1n) is 10.7. The number of carbonyl (C=O) groups excluding carboxylic acids is 2. The minimum Gasteiger partial charge on any atom is -0.497 e. The molecule has 7 nitrogen and oxygen atoms in total. The molecule has 0 spiro atoms. The fourth-order valence-electron chi connectivity index (χ4n) is 3.76. The highest BCUT2D eigenvalue weighted by molar-refractivity contribution is 6.12. The van der Waals surface area contributed by atoms with Crippen molar-refractivity contribution in [2.45, 2.75) is 13.3 Å². The number of ketones is 1. The summed E-state index contributed by atoms with van der Waals surface area (Å²) in [5.41, 5.74) is 3.07. The Kier molecular flexibility index (Phi) is 6.54. The van der Waals surface area contributed by atoms with Gasteiger partial charge in [0.05, 0.1) is 33.3 Å². The molecule has 0 aliphatic rings. The quantitative estimate of drug-likeness (QED) is 0.366. The van der Waals surface area contributed by atoms with E-state index in [4.69, 9.17) is 18.6 Å². The fourth-order valence-corrected chi connectivity index (χ4v) is 3.76. The van der Waals surface area contributed by atoms with Crippen LogP contribution in [0.4, 0.5) is 5.69 Å². The van der Waals surface area contributed by atoms with Gasteiger partial charge >= 0.3 is 0 Å². The number of amides is 1. The Hall–Kier alpha value is -4.26. The minimum absolute atomic E-state index is 0.150. The molecule has 0 saturated carbocycles. The monoisotopic (exact) mass is 459 g/mol. The van der Waals surface area contributed by atoms with E-state index in [0.29, 0.717) is 33.9 Å². The average Bonchev–Trinajstić information content (AvgIpc) is 3.19. The highest BCUT2D eigenvalue weighted by Crippen LogP contribution is 2.32. The highest BCUT2D eigenvalue weighted by Gasteiger charge is 2.23. The number of hydrogen-bond donors (Lipinski definition) is 1. The van der Waals surface area contributed by atoms with Crippen molar-refractivity contribution in [3.63, 3.8) is 0 Å². The maximum Gasteiger partial charge on any atom is 0.232 e. The van der Waals surface area contributed by atoms with E-state index in [2.05, 4.69) is 5.32 Å². The van der Waals surface area contributed by atoms with Crippen LogP contribution in [-0.2, 0) is 11.2 Å². The molecule has 4 rings (SSSR count). The Morgan fingerprint density at radius 1 is 0.853 bits per heavy atom. The van der Waals surface area contributed by atoms with Crippen LogP contribution >= 0.6 is 0 Å². The number of fused-ring (bicyclic) bond motifs is 1. The zero-order valence-corrected chi connectivity index (χ0v) is 19.4. The molecule has 34 heavy (non-hydrogen) atoms. The number of aryl methyl sites for hydroxylation is 1. The van der Waals surface area contributed by atoms with Crippen molar-refractivity contribution >= 4 is 28.3 Å². The van der Waals surface area contributed by atoms with Crippen molar-refractivity contribution in [2.24, 2.45) is 0 Å². The van der Waals surface area contributed by atoms with Gasteiger partial charge in [0.15, 0.2) is 5.76 Å². The number of benzene rings is 3. The summed E-state index contributed by atoms with van der Waals surface area (Å²) in [5, 5.41) is 3.65. The highest BCUT2D eigenvalue weighted by atomic mass is 16.5. The molecule has 174 valence electrons. The number of furan rings is 1. The van der Waals surface area contributed by atoms with Gasteiger partial charge in [-0.05, 0) is 61.0 Å². The lowest BCUT2D eigenvalue weighted by molar-refractivity contribution is -0.115. The van der Waals surface area contributed by atoms with E-state index in [-0.39, 0.29) is 23.9 Å². The Bertz CT molecular complexity index is 1350. The number of nitrogens with one attached hydrogen (secondary N) is 1. The van der Waals surface area contributed by atoms with Gasteiger partial charge in [0.2, 0.25) is 11.7 Å². The number of ether oxygens (including phenoxy) is 3. The third-order valence-corrected chi connectivity index (χ3v) is 5.60. The summed E-state index contributed by atoms with van der Waals surface area (Å²) in [7, 11) is 4.64. The second-order valence-corrected chi connectivity index (χ2v) is 7.74. The Morgan fingerprint density at radius 3 is 2.24 bits per heavy atom.